The summed E-state index contributed by atoms with van der Waals surface area (Å²) in [5, 5.41) is 2.77. The number of nitrogens with one attached hydrogen (secondary N) is 1. The largest absolute Gasteiger partial charge is 0.497 e. The molecular weight excluding hydrogens is 358 g/mol. The highest BCUT2D eigenvalue weighted by Gasteiger charge is 2.47. The van der Waals surface area contributed by atoms with Crippen molar-refractivity contribution in [3.63, 3.8) is 0 Å². The smallest absolute Gasteiger partial charge is 0.332 e. The quantitative estimate of drug-likeness (QED) is 0.779. The molecule has 1 heterocycles. The Balaban J connectivity index is 1.84. The van der Waals surface area contributed by atoms with Crippen LogP contribution < -0.4 is 15.0 Å². The molecule has 1 atom stereocenters. The normalized spacial score (nSPS) is 16.6. The van der Waals surface area contributed by atoms with E-state index in [-0.39, 0.29) is 18.4 Å². The molecule has 1 N–H and O–H groups in total. The van der Waals surface area contributed by atoms with Crippen molar-refractivity contribution >= 4 is 29.2 Å². The summed E-state index contributed by atoms with van der Waals surface area (Å²) < 4.78 is 5.19. The zero-order chi connectivity index (χ0) is 20.3. The summed E-state index contributed by atoms with van der Waals surface area (Å²) >= 11 is 0. The van der Waals surface area contributed by atoms with Gasteiger partial charge in [-0.3, -0.25) is 9.59 Å². The third-order valence-corrected chi connectivity index (χ3v) is 4.56. The van der Waals surface area contributed by atoms with E-state index in [2.05, 4.69) is 5.32 Å². The Bertz CT molecular complexity index is 882. The number of rotatable bonds is 6. The van der Waals surface area contributed by atoms with Crippen LogP contribution in [0, 0.1) is 0 Å². The third-order valence-electron chi connectivity index (χ3n) is 4.56. The Hall–Kier alpha value is -3.35. The number of imide groups is 1. The zero-order valence-corrected chi connectivity index (χ0v) is 16.1. The second-order valence-electron chi connectivity index (χ2n) is 6.79. The van der Waals surface area contributed by atoms with Crippen molar-refractivity contribution in [3.8, 4) is 5.75 Å². The Morgan fingerprint density at radius 2 is 1.82 bits per heavy atom. The predicted molar refractivity (Wildman–Crippen MR) is 106 cm³/mol. The molecule has 28 heavy (non-hydrogen) atoms. The lowest BCUT2D eigenvalue weighted by Crippen LogP contribution is -2.42. The maximum Gasteiger partial charge on any atom is 0.332 e. The van der Waals surface area contributed by atoms with Crippen LogP contribution in [-0.4, -0.2) is 41.9 Å². The molecule has 4 amide bonds. The molecule has 0 saturated carbocycles. The van der Waals surface area contributed by atoms with Gasteiger partial charge in [-0.15, -0.1) is 0 Å². The van der Waals surface area contributed by atoms with E-state index in [9.17, 15) is 14.4 Å². The molecule has 1 saturated heterocycles. The zero-order valence-electron chi connectivity index (χ0n) is 16.1. The van der Waals surface area contributed by atoms with E-state index in [1.807, 2.05) is 32.0 Å². The molecule has 7 heteroatoms. The van der Waals surface area contributed by atoms with Gasteiger partial charge in [0.15, 0.2) is 0 Å². The Morgan fingerprint density at radius 3 is 2.46 bits per heavy atom. The topological polar surface area (TPSA) is 79.0 Å². The monoisotopic (exact) mass is 381 g/mol. The molecule has 1 aliphatic heterocycles. The summed E-state index contributed by atoms with van der Waals surface area (Å²) in [7, 11) is 1.52. The Kier molecular flexibility index (Phi) is 5.63. The predicted octanol–water partition coefficient (Wildman–Crippen LogP) is 3.27. The molecule has 7 nitrogen and oxygen atoms in total. The molecule has 0 bridgehead atoms. The molecule has 0 spiro atoms. The number of amides is 4. The van der Waals surface area contributed by atoms with E-state index in [4.69, 9.17) is 4.74 Å². The van der Waals surface area contributed by atoms with Crippen LogP contribution in [0.3, 0.4) is 0 Å². The van der Waals surface area contributed by atoms with Crippen molar-refractivity contribution in [2.24, 2.45) is 0 Å². The van der Waals surface area contributed by atoms with Crippen LogP contribution in [0.4, 0.5) is 16.2 Å². The number of urea groups is 1. The minimum Gasteiger partial charge on any atom is -0.497 e. The summed E-state index contributed by atoms with van der Waals surface area (Å²) in [6.45, 7) is 3.64. The molecule has 1 aliphatic rings. The second-order valence-corrected chi connectivity index (χ2v) is 6.79. The lowest BCUT2D eigenvalue weighted by molar-refractivity contribution is -0.124. The summed E-state index contributed by atoms with van der Waals surface area (Å²) in [5.41, 5.74) is 1.07. The van der Waals surface area contributed by atoms with E-state index in [0.717, 1.165) is 4.90 Å². The fourth-order valence-corrected chi connectivity index (χ4v) is 3.27. The van der Waals surface area contributed by atoms with E-state index in [0.29, 0.717) is 17.1 Å². The van der Waals surface area contributed by atoms with Crippen molar-refractivity contribution in [1.29, 1.82) is 0 Å². The molecular formula is C21H23N3O4. The molecule has 2 aromatic rings. The van der Waals surface area contributed by atoms with E-state index in [1.54, 1.807) is 36.4 Å². The number of anilines is 2. The Morgan fingerprint density at radius 1 is 1.11 bits per heavy atom. The van der Waals surface area contributed by atoms with Crippen LogP contribution in [0.25, 0.3) is 0 Å². The maximum atomic E-state index is 13.1. The fraction of sp³-hybridized carbons (Fsp3) is 0.286. The van der Waals surface area contributed by atoms with Gasteiger partial charge < -0.3 is 15.0 Å². The molecule has 0 aliphatic carbocycles. The lowest BCUT2D eigenvalue weighted by Gasteiger charge is -2.25. The van der Waals surface area contributed by atoms with Gasteiger partial charge in [-0.25, -0.2) is 9.69 Å². The van der Waals surface area contributed by atoms with E-state index in [1.165, 1.54) is 12.0 Å². The van der Waals surface area contributed by atoms with Crippen molar-refractivity contribution in [1.82, 2.24) is 4.90 Å². The lowest BCUT2D eigenvalue weighted by atomic mass is 10.1. The van der Waals surface area contributed by atoms with Crippen LogP contribution in [0.2, 0.25) is 0 Å². The number of benzene rings is 2. The van der Waals surface area contributed by atoms with Gasteiger partial charge >= 0.3 is 6.03 Å². The molecule has 2 aromatic carbocycles. The highest BCUT2D eigenvalue weighted by Crippen LogP contribution is 2.30. The first-order valence-electron chi connectivity index (χ1n) is 9.07. The molecule has 0 aromatic heterocycles. The number of hydrogen-bond donors (Lipinski definition) is 1. The fourth-order valence-electron chi connectivity index (χ4n) is 3.27. The summed E-state index contributed by atoms with van der Waals surface area (Å²) in [4.78, 5) is 41.1. The number of hydrogen-bond acceptors (Lipinski definition) is 4. The average molecular weight is 381 g/mol. The molecule has 0 unspecified atom stereocenters. The van der Waals surface area contributed by atoms with Crippen LogP contribution in [0.1, 0.15) is 20.3 Å². The SMILES string of the molecule is COc1cccc(N2C(=O)[C@H](CC(=O)Nc3ccccc3)N(C(C)C)C2=O)c1. The first-order valence-corrected chi connectivity index (χ1v) is 9.07. The van der Waals surface area contributed by atoms with Gasteiger partial charge in [-0.1, -0.05) is 24.3 Å². The minimum absolute atomic E-state index is 0.113. The van der Waals surface area contributed by atoms with Gasteiger partial charge in [0.1, 0.15) is 11.8 Å². The van der Waals surface area contributed by atoms with Gasteiger partial charge in [0, 0.05) is 17.8 Å². The van der Waals surface area contributed by atoms with Crippen LogP contribution in [0.15, 0.2) is 54.6 Å². The average Bonchev–Trinajstić information content (AvgIpc) is 2.92. The van der Waals surface area contributed by atoms with Gasteiger partial charge in [-0.05, 0) is 38.1 Å². The first-order chi connectivity index (χ1) is 13.4. The summed E-state index contributed by atoms with van der Waals surface area (Å²) in [5.74, 6) is -0.204. The van der Waals surface area contributed by atoms with Crippen molar-refractivity contribution in [3.05, 3.63) is 54.6 Å². The van der Waals surface area contributed by atoms with Crippen LogP contribution in [-0.2, 0) is 9.59 Å². The van der Waals surface area contributed by atoms with Gasteiger partial charge in [0.25, 0.3) is 5.91 Å². The van der Waals surface area contributed by atoms with Gasteiger partial charge in [0.05, 0.1) is 19.2 Å². The van der Waals surface area contributed by atoms with E-state index >= 15 is 0 Å². The number of carbonyl (C=O) groups is 3. The number of carbonyl (C=O) groups excluding carboxylic acids is 3. The molecule has 146 valence electrons. The molecule has 1 fully saturated rings. The summed E-state index contributed by atoms with van der Waals surface area (Å²) in [6.07, 6.45) is -0.113. The van der Waals surface area contributed by atoms with E-state index < -0.39 is 18.0 Å². The number of methoxy groups -OCH3 is 1. The van der Waals surface area contributed by atoms with Crippen molar-refractivity contribution in [2.75, 3.05) is 17.3 Å². The molecule has 0 radical (unpaired) electrons. The Labute approximate surface area is 163 Å². The van der Waals surface area contributed by atoms with Crippen molar-refractivity contribution in [2.45, 2.75) is 32.4 Å². The number of ether oxygens (including phenoxy) is 1. The molecule has 3 rings (SSSR count). The highest BCUT2D eigenvalue weighted by atomic mass is 16.5. The number of para-hydroxylation sites is 1. The number of nitrogens with zero attached hydrogens (tertiary/aromatic N) is 2. The van der Waals surface area contributed by atoms with Gasteiger partial charge in [-0.2, -0.15) is 0 Å². The first kappa shape index (κ1) is 19.4. The summed E-state index contributed by atoms with van der Waals surface area (Å²) in [6, 6.07) is 14.2. The third kappa shape index (κ3) is 3.83. The van der Waals surface area contributed by atoms with Crippen LogP contribution in [0.5, 0.6) is 5.75 Å². The van der Waals surface area contributed by atoms with Gasteiger partial charge in [0.2, 0.25) is 5.91 Å². The highest BCUT2D eigenvalue weighted by molar-refractivity contribution is 6.22. The maximum absolute atomic E-state index is 13.1. The second kappa shape index (κ2) is 8.12. The minimum atomic E-state index is -0.859. The van der Waals surface area contributed by atoms with Crippen molar-refractivity contribution < 1.29 is 19.1 Å². The standard InChI is InChI=1S/C21H23N3O4/c1-14(2)23-18(13-19(25)22-15-8-5-4-6-9-15)20(26)24(21(23)27)16-10-7-11-17(12-16)28-3/h4-12,14,18H,13H2,1-3H3,(H,22,25)/t18-/m0/s1. The van der Waals surface area contributed by atoms with Crippen LogP contribution >= 0.6 is 0 Å².